The summed E-state index contributed by atoms with van der Waals surface area (Å²) in [6.07, 6.45) is 0. The van der Waals surface area contributed by atoms with Crippen LogP contribution in [-0.2, 0) is 0 Å². The van der Waals surface area contributed by atoms with E-state index in [2.05, 4.69) is 10.3 Å². The lowest BCUT2D eigenvalue weighted by Gasteiger charge is -2.10. The monoisotopic (exact) mass is 284 g/mol. The average molecular weight is 284 g/mol. The number of pyridine rings is 1. The molecule has 0 atom stereocenters. The summed E-state index contributed by atoms with van der Waals surface area (Å²) in [6.45, 7) is 5.42. The first-order valence-corrected chi connectivity index (χ1v) is 6.48. The van der Waals surface area contributed by atoms with Crippen molar-refractivity contribution in [2.75, 3.05) is 5.32 Å². The van der Waals surface area contributed by atoms with Crippen LogP contribution in [0, 0.1) is 20.8 Å². The van der Waals surface area contributed by atoms with Gasteiger partial charge in [0.15, 0.2) is 0 Å². The van der Waals surface area contributed by atoms with Gasteiger partial charge in [0, 0.05) is 5.69 Å². The molecular formula is C16H16N2O3. The van der Waals surface area contributed by atoms with Crippen molar-refractivity contribution in [3.05, 3.63) is 58.4 Å². The topological polar surface area (TPSA) is 79.3 Å². The number of benzene rings is 1. The maximum atomic E-state index is 12.2. The number of hydrogen-bond donors (Lipinski definition) is 2. The lowest BCUT2D eigenvalue weighted by Crippen LogP contribution is -2.16. The first-order valence-electron chi connectivity index (χ1n) is 6.48. The van der Waals surface area contributed by atoms with E-state index in [0.717, 1.165) is 16.8 Å². The van der Waals surface area contributed by atoms with E-state index in [1.807, 2.05) is 32.0 Å². The van der Waals surface area contributed by atoms with Crippen LogP contribution in [-0.4, -0.2) is 22.0 Å². The largest absolute Gasteiger partial charge is 0.478 e. The fourth-order valence-corrected chi connectivity index (χ4v) is 1.97. The van der Waals surface area contributed by atoms with Crippen LogP contribution in [0.5, 0.6) is 0 Å². The Morgan fingerprint density at radius 1 is 1.10 bits per heavy atom. The smallest absolute Gasteiger partial charge is 0.337 e. The molecule has 0 saturated carbocycles. The van der Waals surface area contributed by atoms with Crippen LogP contribution in [0.15, 0.2) is 30.3 Å². The highest BCUT2D eigenvalue weighted by atomic mass is 16.4. The van der Waals surface area contributed by atoms with Crippen molar-refractivity contribution in [2.24, 2.45) is 0 Å². The molecule has 5 heteroatoms. The minimum Gasteiger partial charge on any atom is -0.478 e. The Balaban J connectivity index is 2.26. The quantitative estimate of drug-likeness (QED) is 0.908. The lowest BCUT2D eigenvalue weighted by molar-refractivity contribution is 0.0695. The second-order valence-electron chi connectivity index (χ2n) is 4.91. The van der Waals surface area contributed by atoms with E-state index in [1.165, 1.54) is 12.1 Å². The number of nitrogens with zero attached hydrogens (tertiary/aromatic N) is 1. The molecule has 0 spiro atoms. The second kappa shape index (κ2) is 5.75. The molecule has 0 radical (unpaired) electrons. The van der Waals surface area contributed by atoms with Crippen molar-refractivity contribution in [3.8, 4) is 0 Å². The fourth-order valence-electron chi connectivity index (χ4n) is 1.97. The van der Waals surface area contributed by atoms with E-state index in [1.54, 1.807) is 6.92 Å². The minimum atomic E-state index is -1.05. The van der Waals surface area contributed by atoms with Crippen LogP contribution in [0.3, 0.4) is 0 Å². The average Bonchev–Trinajstić information content (AvgIpc) is 2.42. The van der Waals surface area contributed by atoms with Crippen LogP contribution in [0.4, 0.5) is 5.69 Å². The van der Waals surface area contributed by atoms with Crippen molar-refractivity contribution < 1.29 is 14.7 Å². The predicted octanol–water partition coefficient (Wildman–Crippen LogP) is 2.96. The summed E-state index contributed by atoms with van der Waals surface area (Å²) < 4.78 is 0. The SMILES string of the molecule is Cc1ccc(C)c(NC(=O)c2ccc(C(=O)O)c(C)n2)c1. The highest BCUT2D eigenvalue weighted by Crippen LogP contribution is 2.17. The lowest BCUT2D eigenvalue weighted by atomic mass is 10.1. The first kappa shape index (κ1) is 14.7. The zero-order valence-corrected chi connectivity index (χ0v) is 12.1. The standard InChI is InChI=1S/C16H16N2O3/c1-9-4-5-10(2)14(8-9)18-15(19)13-7-6-12(16(20)21)11(3)17-13/h4-8H,1-3H3,(H,18,19)(H,20,21). The Hall–Kier alpha value is -2.69. The predicted molar refractivity (Wildman–Crippen MR) is 79.8 cm³/mol. The van der Waals surface area contributed by atoms with Gasteiger partial charge in [-0.15, -0.1) is 0 Å². The number of carboxylic acids is 1. The number of carbonyl (C=O) groups is 2. The maximum absolute atomic E-state index is 12.2. The molecule has 21 heavy (non-hydrogen) atoms. The second-order valence-corrected chi connectivity index (χ2v) is 4.91. The number of rotatable bonds is 3. The highest BCUT2D eigenvalue weighted by molar-refractivity contribution is 6.03. The number of carboxylic acid groups (broad SMARTS) is 1. The summed E-state index contributed by atoms with van der Waals surface area (Å²) in [7, 11) is 0. The molecule has 0 unspecified atom stereocenters. The van der Waals surface area contributed by atoms with Crippen molar-refractivity contribution in [1.29, 1.82) is 0 Å². The van der Waals surface area contributed by atoms with E-state index >= 15 is 0 Å². The molecular weight excluding hydrogens is 268 g/mol. The summed E-state index contributed by atoms with van der Waals surface area (Å²) in [4.78, 5) is 27.2. The molecule has 108 valence electrons. The Bertz CT molecular complexity index is 723. The molecule has 0 saturated heterocycles. The third kappa shape index (κ3) is 3.25. The van der Waals surface area contributed by atoms with Crippen LogP contribution >= 0.6 is 0 Å². The summed E-state index contributed by atoms with van der Waals surface area (Å²) in [5.41, 5.74) is 3.32. The van der Waals surface area contributed by atoms with Gasteiger partial charge in [-0.2, -0.15) is 0 Å². The number of carbonyl (C=O) groups excluding carboxylic acids is 1. The minimum absolute atomic E-state index is 0.0956. The summed E-state index contributed by atoms with van der Waals surface area (Å²) in [5, 5.41) is 11.8. The van der Waals surface area contributed by atoms with E-state index < -0.39 is 5.97 Å². The van der Waals surface area contributed by atoms with Gasteiger partial charge in [-0.3, -0.25) is 4.79 Å². The van der Waals surface area contributed by atoms with Gasteiger partial charge < -0.3 is 10.4 Å². The van der Waals surface area contributed by atoms with E-state index in [9.17, 15) is 9.59 Å². The van der Waals surface area contributed by atoms with Gasteiger partial charge in [0.1, 0.15) is 5.69 Å². The normalized spacial score (nSPS) is 10.2. The van der Waals surface area contributed by atoms with Crippen LogP contribution in [0.25, 0.3) is 0 Å². The molecule has 1 heterocycles. The summed E-state index contributed by atoms with van der Waals surface area (Å²) >= 11 is 0. The Morgan fingerprint density at radius 3 is 2.43 bits per heavy atom. The summed E-state index contributed by atoms with van der Waals surface area (Å²) in [6, 6.07) is 8.58. The van der Waals surface area contributed by atoms with Gasteiger partial charge >= 0.3 is 5.97 Å². The fraction of sp³-hybridized carbons (Fsp3) is 0.188. The van der Waals surface area contributed by atoms with Crippen molar-refractivity contribution in [2.45, 2.75) is 20.8 Å². The molecule has 0 bridgehead atoms. The molecule has 0 fully saturated rings. The van der Waals surface area contributed by atoms with Crippen LogP contribution in [0.1, 0.15) is 37.7 Å². The number of aryl methyl sites for hydroxylation is 3. The van der Waals surface area contributed by atoms with E-state index in [4.69, 9.17) is 5.11 Å². The van der Waals surface area contributed by atoms with Gasteiger partial charge in [-0.1, -0.05) is 12.1 Å². The Kier molecular flexibility index (Phi) is 4.03. The van der Waals surface area contributed by atoms with Gasteiger partial charge in [-0.25, -0.2) is 9.78 Å². The molecule has 2 rings (SSSR count). The molecule has 5 nitrogen and oxygen atoms in total. The molecule has 0 aliphatic heterocycles. The number of aromatic carboxylic acids is 1. The van der Waals surface area contributed by atoms with Gasteiger partial charge in [0.05, 0.1) is 11.3 Å². The number of anilines is 1. The Morgan fingerprint density at radius 2 is 1.81 bits per heavy atom. The molecule has 1 aromatic carbocycles. The van der Waals surface area contributed by atoms with Crippen LogP contribution < -0.4 is 5.32 Å². The molecule has 2 N–H and O–H groups in total. The van der Waals surface area contributed by atoms with Crippen molar-refractivity contribution in [3.63, 3.8) is 0 Å². The number of hydrogen-bond acceptors (Lipinski definition) is 3. The molecule has 0 aliphatic rings. The number of amides is 1. The molecule has 1 aromatic heterocycles. The van der Waals surface area contributed by atoms with E-state index in [0.29, 0.717) is 5.69 Å². The van der Waals surface area contributed by atoms with Crippen molar-refractivity contribution in [1.82, 2.24) is 4.98 Å². The highest BCUT2D eigenvalue weighted by Gasteiger charge is 2.13. The van der Waals surface area contributed by atoms with Crippen molar-refractivity contribution >= 4 is 17.6 Å². The molecule has 1 amide bonds. The van der Waals surface area contributed by atoms with Gasteiger partial charge in [0.25, 0.3) is 5.91 Å². The summed E-state index contributed by atoms with van der Waals surface area (Å²) in [5.74, 6) is -1.41. The first-order chi connectivity index (χ1) is 9.88. The number of aromatic nitrogens is 1. The van der Waals surface area contributed by atoms with Crippen LogP contribution in [0.2, 0.25) is 0 Å². The van der Waals surface area contributed by atoms with Gasteiger partial charge in [-0.05, 0) is 50.1 Å². The third-order valence-electron chi connectivity index (χ3n) is 3.19. The maximum Gasteiger partial charge on any atom is 0.337 e. The third-order valence-corrected chi connectivity index (χ3v) is 3.19. The molecule has 0 aliphatic carbocycles. The zero-order chi connectivity index (χ0) is 15.6. The zero-order valence-electron chi connectivity index (χ0n) is 12.1. The Labute approximate surface area is 122 Å². The molecule has 2 aromatic rings. The van der Waals surface area contributed by atoms with Gasteiger partial charge in [0.2, 0.25) is 0 Å². The number of nitrogens with one attached hydrogen (secondary N) is 1. The van der Waals surface area contributed by atoms with E-state index in [-0.39, 0.29) is 17.2 Å².